The number of primary amides is 1. The predicted octanol–water partition coefficient (Wildman–Crippen LogP) is 1.78. The predicted molar refractivity (Wildman–Crippen MR) is 106 cm³/mol. The van der Waals surface area contributed by atoms with Crippen LogP contribution >= 0.6 is 0 Å². The van der Waals surface area contributed by atoms with Crippen LogP contribution in [0.5, 0.6) is 5.75 Å². The molecule has 0 spiro atoms. The van der Waals surface area contributed by atoms with Gasteiger partial charge < -0.3 is 15.0 Å². The Morgan fingerprint density at radius 3 is 2.87 bits per heavy atom. The Morgan fingerprint density at radius 1 is 1.40 bits per heavy atom. The maximum absolute atomic E-state index is 13.4. The third-order valence-corrected chi connectivity index (χ3v) is 7.27. The Morgan fingerprint density at radius 2 is 2.17 bits per heavy atom. The number of anilines is 1. The van der Waals surface area contributed by atoms with Gasteiger partial charge in [-0.15, -0.1) is 0 Å². The molecule has 0 unspecified atom stereocenters. The number of halogens is 2. The van der Waals surface area contributed by atoms with E-state index in [4.69, 9.17) is 10.5 Å². The molecule has 1 amide bonds. The number of rotatable bonds is 5. The van der Waals surface area contributed by atoms with Crippen molar-refractivity contribution in [2.75, 3.05) is 16.7 Å². The van der Waals surface area contributed by atoms with Crippen molar-refractivity contribution in [1.82, 2.24) is 9.55 Å². The minimum absolute atomic E-state index is 0.00734. The standard InChI is InChI=1S/C19H22F2N4O4S/c1-11(18(22)26)8-12-2-3-13-15(9-12)29-6-5-24-10-16(23-19(13)24)25-14(17(20)21)4-7-30(25,27)28/h2-3,9-11,14,17H,4-8H2,1H3,(H2,22,26)/t11-,14+/m1/s1. The summed E-state index contributed by atoms with van der Waals surface area (Å²) >= 11 is 0. The maximum atomic E-state index is 13.4. The van der Waals surface area contributed by atoms with Crippen molar-refractivity contribution in [1.29, 1.82) is 0 Å². The number of benzene rings is 1. The molecule has 1 aromatic carbocycles. The molecule has 0 saturated carbocycles. The zero-order valence-corrected chi connectivity index (χ0v) is 17.1. The Bertz CT molecular complexity index is 1090. The van der Waals surface area contributed by atoms with Gasteiger partial charge in [-0.05, 0) is 30.5 Å². The second-order valence-electron chi connectivity index (χ2n) is 7.60. The molecule has 1 saturated heterocycles. The molecule has 2 aliphatic heterocycles. The molecule has 0 aliphatic carbocycles. The van der Waals surface area contributed by atoms with Crippen LogP contribution in [0.1, 0.15) is 18.9 Å². The average molecular weight is 440 g/mol. The first-order chi connectivity index (χ1) is 14.2. The van der Waals surface area contributed by atoms with Crippen molar-refractivity contribution in [2.45, 2.75) is 38.8 Å². The molecule has 2 aromatic rings. The lowest BCUT2D eigenvalue weighted by Crippen LogP contribution is -2.38. The van der Waals surface area contributed by atoms with Gasteiger partial charge in [-0.25, -0.2) is 26.5 Å². The zero-order chi connectivity index (χ0) is 21.6. The van der Waals surface area contributed by atoms with Gasteiger partial charge in [0.25, 0.3) is 6.43 Å². The molecule has 162 valence electrons. The lowest BCUT2D eigenvalue weighted by Gasteiger charge is -2.22. The van der Waals surface area contributed by atoms with Gasteiger partial charge in [0.15, 0.2) is 5.82 Å². The fraction of sp³-hybridized carbons (Fsp3) is 0.474. The van der Waals surface area contributed by atoms with Crippen LogP contribution in [0.2, 0.25) is 0 Å². The first-order valence-corrected chi connectivity index (χ1v) is 11.2. The monoisotopic (exact) mass is 440 g/mol. The molecule has 2 atom stereocenters. The summed E-state index contributed by atoms with van der Waals surface area (Å²) in [5, 5.41) is 0. The first kappa shape index (κ1) is 20.6. The first-order valence-electron chi connectivity index (χ1n) is 9.60. The van der Waals surface area contributed by atoms with Gasteiger partial charge >= 0.3 is 0 Å². The number of carbonyl (C=O) groups is 1. The van der Waals surface area contributed by atoms with E-state index < -0.39 is 28.4 Å². The van der Waals surface area contributed by atoms with Gasteiger partial charge in [-0.2, -0.15) is 0 Å². The highest BCUT2D eigenvalue weighted by Crippen LogP contribution is 2.37. The fourth-order valence-electron chi connectivity index (χ4n) is 3.83. The van der Waals surface area contributed by atoms with Crippen molar-refractivity contribution in [3.63, 3.8) is 0 Å². The molecule has 11 heteroatoms. The highest BCUT2D eigenvalue weighted by molar-refractivity contribution is 7.93. The van der Waals surface area contributed by atoms with Gasteiger partial charge in [0.05, 0.1) is 17.9 Å². The lowest BCUT2D eigenvalue weighted by molar-refractivity contribution is -0.121. The maximum Gasteiger partial charge on any atom is 0.259 e. The number of ether oxygens (including phenoxy) is 1. The van der Waals surface area contributed by atoms with E-state index in [1.807, 2.05) is 6.07 Å². The topological polar surface area (TPSA) is 108 Å². The minimum Gasteiger partial charge on any atom is -0.491 e. The van der Waals surface area contributed by atoms with Crippen LogP contribution in [0.3, 0.4) is 0 Å². The van der Waals surface area contributed by atoms with Gasteiger partial charge in [0.2, 0.25) is 15.9 Å². The molecule has 4 rings (SSSR count). The summed E-state index contributed by atoms with van der Waals surface area (Å²) in [6.07, 6.45) is -0.999. The Balaban J connectivity index is 1.72. The summed E-state index contributed by atoms with van der Waals surface area (Å²) < 4.78 is 59.9. The van der Waals surface area contributed by atoms with Crippen LogP contribution in [0.15, 0.2) is 24.4 Å². The average Bonchev–Trinajstić information content (AvgIpc) is 3.17. The van der Waals surface area contributed by atoms with Gasteiger partial charge in [-0.3, -0.25) is 4.79 Å². The Hall–Kier alpha value is -2.69. The highest BCUT2D eigenvalue weighted by Gasteiger charge is 2.44. The van der Waals surface area contributed by atoms with E-state index in [2.05, 4.69) is 4.98 Å². The number of hydrogen-bond donors (Lipinski definition) is 1. The lowest BCUT2D eigenvalue weighted by atomic mass is 9.99. The van der Waals surface area contributed by atoms with Crippen LogP contribution in [-0.4, -0.2) is 48.7 Å². The molecule has 0 bridgehead atoms. The SMILES string of the molecule is C[C@H](Cc1ccc2c(c1)OCCn1cc(N3[C@H](C(F)F)CCS3(=O)=O)nc1-2)C(N)=O. The quantitative estimate of drug-likeness (QED) is 0.763. The van der Waals surface area contributed by atoms with Gasteiger partial charge in [0, 0.05) is 12.1 Å². The van der Waals surface area contributed by atoms with Crippen LogP contribution in [0.25, 0.3) is 11.4 Å². The number of aromatic nitrogens is 2. The number of nitrogens with two attached hydrogens (primary N) is 1. The van der Waals surface area contributed by atoms with Gasteiger partial charge in [-0.1, -0.05) is 13.0 Å². The molecule has 2 N–H and O–H groups in total. The second-order valence-corrected chi connectivity index (χ2v) is 9.57. The van der Waals surface area contributed by atoms with E-state index in [-0.39, 0.29) is 23.9 Å². The number of fused-ring (bicyclic) bond motifs is 3. The van der Waals surface area contributed by atoms with Crippen molar-refractivity contribution in [3.05, 3.63) is 30.0 Å². The fourth-order valence-corrected chi connectivity index (χ4v) is 5.55. The third-order valence-electron chi connectivity index (χ3n) is 5.46. The van der Waals surface area contributed by atoms with E-state index in [0.29, 0.717) is 36.7 Å². The number of carbonyl (C=O) groups excluding carboxylic acids is 1. The minimum atomic E-state index is -3.85. The summed E-state index contributed by atoms with van der Waals surface area (Å²) in [5.74, 6) is -0.0878. The molecule has 3 heterocycles. The van der Waals surface area contributed by atoms with Crippen LogP contribution in [-0.2, 0) is 27.8 Å². The Labute approximate surface area is 172 Å². The molecular formula is C19H22F2N4O4S. The van der Waals surface area contributed by atoms with Crippen LogP contribution < -0.4 is 14.8 Å². The normalized spacial score (nSPS) is 20.9. The van der Waals surface area contributed by atoms with Gasteiger partial charge in [0.1, 0.15) is 24.2 Å². The Kier molecular flexibility index (Phi) is 5.16. The van der Waals surface area contributed by atoms with E-state index in [1.54, 1.807) is 23.6 Å². The summed E-state index contributed by atoms with van der Waals surface area (Å²) in [5.41, 5.74) is 6.82. The van der Waals surface area contributed by atoms with Crippen LogP contribution in [0.4, 0.5) is 14.6 Å². The molecule has 8 nitrogen and oxygen atoms in total. The molecule has 1 fully saturated rings. The number of alkyl halides is 2. The van der Waals surface area contributed by atoms with Crippen molar-refractivity contribution in [3.8, 4) is 17.1 Å². The summed E-state index contributed by atoms with van der Waals surface area (Å²) in [7, 11) is -3.85. The molecule has 2 aliphatic rings. The molecular weight excluding hydrogens is 418 g/mol. The number of imidazole rings is 1. The smallest absolute Gasteiger partial charge is 0.259 e. The van der Waals surface area contributed by atoms with E-state index in [0.717, 1.165) is 9.87 Å². The summed E-state index contributed by atoms with van der Waals surface area (Å²) in [6.45, 7) is 2.43. The molecule has 30 heavy (non-hydrogen) atoms. The summed E-state index contributed by atoms with van der Waals surface area (Å²) in [4.78, 5) is 15.7. The van der Waals surface area contributed by atoms with E-state index in [1.165, 1.54) is 6.20 Å². The number of nitrogens with zero attached hydrogens (tertiary/aromatic N) is 3. The highest BCUT2D eigenvalue weighted by atomic mass is 32.2. The van der Waals surface area contributed by atoms with Crippen molar-refractivity contribution in [2.24, 2.45) is 11.7 Å². The van der Waals surface area contributed by atoms with E-state index in [9.17, 15) is 22.0 Å². The molecule has 0 radical (unpaired) electrons. The van der Waals surface area contributed by atoms with Crippen molar-refractivity contribution >= 4 is 21.7 Å². The summed E-state index contributed by atoms with van der Waals surface area (Å²) in [6, 6.07) is 3.98. The third kappa shape index (κ3) is 3.62. The largest absolute Gasteiger partial charge is 0.491 e. The van der Waals surface area contributed by atoms with Crippen LogP contribution in [0, 0.1) is 5.92 Å². The number of hydrogen-bond acceptors (Lipinski definition) is 5. The van der Waals surface area contributed by atoms with E-state index >= 15 is 0 Å². The van der Waals surface area contributed by atoms with Crippen molar-refractivity contribution < 1.29 is 26.7 Å². The number of sulfonamides is 1. The molecule has 1 aromatic heterocycles. The second kappa shape index (κ2) is 7.53. The number of amides is 1. The zero-order valence-electron chi connectivity index (χ0n) is 16.3.